The molecule has 0 aromatic heterocycles. The summed E-state index contributed by atoms with van der Waals surface area (Å²) in [7, 11) is -3.44. The number of carbonyl (C=O) groups is 1. The van der Waals surface area contributed by atoms with E-state index in [0.717, 1.165) is 44.5 Å². The second-order valence-corrected chi connectivity index (χ2v) is 9.56. The van der Waals surface area contributed by atoms with Gasteiger partial charge in [0.2, 0.25) is 15.9 Å². The zero-order valence-corrected chi connectivity index (χ0v) is 15.4. The number of amides is 1. The second-order valence-electron chi connectivity index (χ2n) is 7.65. The van der Waals surface area contributed by atoms with Crippen LogP contribution in [0.15, 0.2) is 29.2 Å². The topological polar surface area (TPSA) is 69.7 Å². The highest BCUT2D eigenvalue weighted by Crippen LogP contribution is 2.44. The van der Waals surface area contributed by atoms with E-state index in [2.05, 4.69) is 10.2 Å². The molecule has 3 fully saturated rings. The Hall–Kier alpha value is -1.44. The van der Waals surface area contributed by atoms with Crippen molar-refractivity contribution in [2.75, 3.05) is 32.7 Å². The van der Waals surface area contributed by atoms with Crippen LogP contribution in [-0.4, -0.2) is 62.3 Å². The Morgan fingerprint density at radius 1 is 1.16 bits per heavy atom. The molecular weight excluding hydrogens is 338 g/mol. The van der Waals surface area contributed by atoms with Gasteiger partial charge in [0, 0.05) is 32.7 Å². The zero-order valence-electron chi connectivity index (χ0n) is 14.6. The van der Waals surface area contributed by atoms with Gasteiger partial charge in [0.25, 0.3) is 0 Å². The van der Waals surface area contributed by atoms with E-state index in [1.807, 2.05) is 19.1 Å². The maximum atomic E-state index is 13.0. The number of piperazine rings is 1. The molecule has 0 saturated carbocycles. The van der Waals surface area contributed by atoms with E-state index >= 15 is 0 Å². The van der Waals surface area contributed by atoms with Crippen molar-refractivity contribution in [1.82, 2.24) is 14.5 Å². The fourth-order valence-electron chi connectivity index (χ4n) is 4.63. The molecule has 4 rings (SSSR count). The highest BCUT2D eigenvalue weighted by atomic mass is 32.2. The molecule has 3 saturated heterocycles. The molecule has 25 heavy (non-hydrogen) atoms. The fraction of sp³-hybridized carbons (Fsp3) is 0.611. The third-order valence-corrected chi connectivity index (χ3v) is 8.16. The van der Waals surface area contributed by atoms with Crippen LogP contribution >= 0.6 is 0 Å². The van der Waals surface area contributed by atoms with Gasteiger partial charge in [-0.1, -0.05) is 18.2 Å². The van der Waals surface area contributed by atoms with Crippen molar-refractivity contribution in [3.8, 4) is 0 Å². The van der Waals surface area contributed by atoms with Crippen LogP contribution in [0.5, 0.6) is 0 Å². The summed E-state index contributed by atoms with van der Waals surface area (Å²) in [6, 6.07) is 7.15. The predicted molar refractivity (Wildman–Crippen MR) is 94.6 cm³/mol. The number of aryl methyl sites for hydroxylation is 1. The number of piperidine rings is 1. The van der Waals surface area contributed by atoms with Gasteiger partial charge in [-0.05, 0) is 43.2 Å². The van der Waals surface area contributed by atoms with E-state index in [0.29, 0.717) is 18.0 Å². The highest BCUT2D eigenvalue weighted by Gasteiger charge is 2.49. The van der Waals surface area contributed by atoms with Crippen molar-refractivity contribution < 1.29 is 13.2 Å². The normalized spacial score (nSPS) is 27.2. The number of sulfonamides is 1. The van der Waals surface area contributed by atoms with E-state index < -0.39 is 10.0 Å². The molecule has 3 aliphatic heterocycles. The van der Waals surface area contributed by atoms with Gasteiger partial charge in [-0.2, -0.15) is 4.31 Å². The standard InChI is InChI=1S/C18H25N3O3S/c1-14-4-2-3-5-16(14)25(23,24)21-9-6-18(7-10-21)12-15-17(22)19-8-11-20(15)13-18/h2-5,15H,6-13H2,1H3,(H,19,22). The van der Waals surface area contributed by atoms with Crippen molar-refractivity contribution in [2.24, 2.45) is 5.41 Å². The van der Waals surface area contributed by atoms with Crippen LogP contribution in [0.3, 0.4) is 0 Å². The summed E-state index contributed by atoms with van der Waals surface area (Å²) in [5.74, 6) is 0.137. The van der Waals surface area contributed by atoms with Crippen LogP contribution in [0.25, 0.3) is 0 Å². The van der Waals surface area contributed by atoms with Gasteiger partial charge in [-0.15, -0.1) is 0 Å². The van der Waals surface area contributed by atoms with Crippen LogP contribution in [0, 0.1) is 12.3 Å². The van der Waals surface area contributed by atoms with Gasteiger partial charge in [-0.3, -0.25) is 9.69 Å². The van der Waals surface area contributed by atoms with Crippen LogP contribution in [-0.2, 0) is 14.8 Å². The maximum absolute atomic E-state index is 13.0. The SMILES string of the molecule is Cc1ccccc1S(=O)(=O)N1CCC2(CC1)CC1C(=O)NCCN1C2. The molecule has 1 atom stereocenters. The van der Waals surface area contributed by atoms with Crippen LogP contribution in [0.2, 0.25) is 0 Å². The minimum Gasteiger partial charge on any atom is -0.353 e. The molecule has 3 aliphatic rings. The third-order valence-electron chi connectivity index (χ3n) is 6.10. The molecule has 0 bridgehead atoms. The van der Waals surface area contributed by atoms with Gasteiger partial charge in [-0.25, -0.2) is 8.42 Å². The summed E-state index contributed by atoms with van der Waals surface area (Å²) in [6.07, 6.45) is 2.52. The molecule has 136 valence electrons. The van der Waals surface area contributed by atoms with E-state index in [1.54, 1.807) is 16.4 Å². The van der Waals surface area contributed by atoms with Gasteiger partial charge < -0.3 is 5.32 Å². The lowest BCUT2D eigenvalue weighted by atomic mass is 9.77. The smallest absolute Gasteiger partial charge is 0.243 e. The van der Waals surface area contributed by atoms with Crippen molar-refractivity contribution in [1.29, 1.82) is 0 Å². The van der Waals surface area contributed by atoms with E-state index in [-0.39, 0.29) is 17.4 Å². The fourth-order valence-corrected chi connectivity index (χ4v) is 6.29. The molecule has 1 N–H and O–H groups in total. The maximum Gasteiger partial charge on any atom is 0.243 e. The predicted octanol–water partition coefficient (Wildman–Crippen LogP) is 0.970. The first-order chi connectivity index (χ1) is 11.9. The molecule has 6 nitrogen and oxygen atoms in total. The summed E-state index contributed by atoms with van der Waals surface area (Å²) in [6.45, 7) is 5.47. The molecule has 0 radical (unpaired) electrons. The number of rotatable bonds is 2. The number of nitrogens with one attached hydrogen (secondary N) is 1. The first-order valence-corrected chi connectivity index (χ1v) is 10.4. The molecular formula is C18H25N3O3S. The van der Waals surface area contributed by atoms with Gasteiger partial charge in [0.1, 0.15) is 0 Å². The number of nitrogens with zero attached hydrogens (tertiary/aromatic N) is 2. The quantitative estimate of drug-likeness (QED) is 0.850. The Labute approximate surface area is 149 Å². The Morgan fingerprint density at radius 3 is 2.56 bits per heavy atom. The second kappa shape index (κ2) is 6.07. The van der Waals surface area contributed by atoms with E-state index in [1.165, 1.54) is 0 Å². The zero-order chi connectivity index (χ0) is 17.7. The van der Waals surface area contributed by atoms with Crippen LogP contribution < -0.4 is 5.32 Å². The van der Waals surface area contributed by atoms with Gasteiger partial charge in [0.05, 0.1) is 10.9 Å². The summed E-state index contributed by atoms with van der Waals surface area (Å²) in [4.78, 5) is 14.8. The lowest BCUT2D eigenvalue weighted by Gasteiger charge is -2.38. The number of hydrogen-bond donors (Lipinski definition) is 1. The summed E-state index contributed by atoms with van der Waals surface area (Å²) in [5, 5.41) is 2.95. The molecule has 1 unspecified atom stereocenters. The largest absolute Gasteiger partial charge is 0.353 e. The Bertz CT molecular complexity index is 785. The van der Waals surface area contributed by atoms with Crippen molar-refractivity contribution >= 4 is 15.9 Å². The third kappa shape index (κ3) is 2.88. The summed E-state index contributed by atoms with van der Waals surface area (Å²) >= 11 is 0. The Kier molecular flexibility index (Phi) is 4.13. The highest BCUT2D eigenvalue weighted by molar-refractivity contribution is 7.89. The van der Waals surface area contributed by atoms with Crippen molar-refractivity contribution in [2.45, 2.75) is 37.1 Å². The number of benzene rings is 1. The average Bonchev–Trinajstić information content (AvgIpc) is 2.95. The van der Waals surface area contributed by atoms with Crippen LogP contribution in [0.1, 0.15) is 24.8 Å². The molecule has 1 aromatic carbocycles. The minimum absolute atomic E-state index is 0.0201. The lowest BCUT2D eigenvalue weighted by Crippen LogP contribution is -2.52. The minimum atomic E-state index is -3.44. The summed E-state index contributed by atoms with van der Waals surface area (Å²) < 4.78 is 27.6. The molecule has 1 amide bonds. The number of hydrogen-bond acceptors (Lipinski definition) is 4. The molecule has 1 aromatic rings. The van der Waals surface area contributed by atoms with Gasteiger partial charge >= 0.3 is 0 Å². The van der Waals surface area contributed by atoms with E-state index in [4.69, 9.17) is 0 Å². The Morgan fingerprint density at radius 2 is 1.88 bits per heavy atom. The Balaban J connectivity index is 1.49. The van der Waals surface area contributed by atoms with Gasteiger partial charge in [0.15, 0.2) is 0 Å². The number of fused-ring (bicyclic) bond motifs is 1. The van der Waals surface area contributed by atoms with E-state index in [9.17, 15) is 13.2 Å². The molecule has 1 spiro atoms. The van der Waals surface area contributed by atoms with Crippen molar-refractivity contribution in [3.05, 3.63) is 29.8 Å². The first-order valence-electron chi connectivity index (χ1n) is 8.99. The molecule has 3 heterocycles. The monoisotopic (exact) mass is 363 g/mol. The summed E-state index contributed by atoms with van der Waals surface area (Å²) in [5.41, 5.74) is 0.877. The van der Waals surface area contributed by atoms with Crippen molar-refractivity contribution in [3.63, 3.8) is 0 Å². The molecule has 7 heteroatoms. The lowest BCUT2D eigenvalue weighted by molar-refractivity contribution is -0.127. The molecule has 0 aliphatic carbocycles. The average molecular weight is 363 g/mol. The first kappa shape index (κ1) is 17.0. The number of carbonyl (C=O) groups excluding carboxylic acids is 1. The van der Waals surface area contributed by atoms with Crippen LogP contribution in [0.4, 0.5) is 0 Å².